The summed E-state index contributed by atoms with van der Waals surface area (Å²) in [7, 11) is 0. The van der Waals surface area contributed by atoms with Crippen molar-refractivity contribution in [3.8, 4) is 0 Å². The van der Waals surface area contributed by atoms with Gasteiger partial charge >= 0.3 is 0 Å². The van der Waals surface area contributed by atoms with Crippen molar-refractivity contribution >= 4 is 17.6 Å². The molecule has 21 heavy (non-hydrogen) atoms. The van der Waals surface area contributed by atoms with Crippen LogP contribution >= 0.6 is 11.8 Å². The topological polar surface area (TPSA) is 16.1 Å². The van der Waals surface area contributed by atoms with Crippen molar-refractivity contribution in [2.45, 2.75) is 47.9 Å². The van der Waals surface area contributed by atoms with Crippen molar-refractivity contribution in [3.63, 3.8) is 0 Å². The van der Waals surface area contributed by atoms with E-state index >= 15 is 0 Å². The standard InChI is InChI=1S/C18H20N2S/c1-2-6-16(7-3-1)21-17-12-14-9-10-15(13-17)20(14)18-8-4-5-11-19-18/h1-8,11,14-15,17H,9-10,12-13H2/t14-,15+,17?. The first-order valence-corrected chi connectivity index (χ1v) is 8.69. The Hall–Kier alpha value is -1.48. The van der Waals surface area contributed by atoms with Crippen LogP contribution in [0.5, 0.6) is 0 Å². The minimum Gasteiger partial charge on any atom is -0.351 e. The highest BCUT2D eigenvalue weighted by atomic mass is 32.2. The van der Waals surface area contributed by atoms with E-state index < -0.39 is 0 Å². The molecule has 0 aliphatic carbocycles. The van der Waals surface area contributed by atoms with E-state index in [1.54, 1.807) is 0 Å². The lowest BCUT2D eigenvalue weighted by Gasteiger charge is -2.39. The average molecular weight is 296 g/mol. The fourth-order valence-corrected chi connectivity index (χ4v) is 5.13. The molecule has 2 aliphatic rings. The monoisotopic (exact) mass is 296 g/mol. The maximum absolute atomic E-state index is 4.57. The van der Waals surface area contributed by atoms with E-state index in [0.29, 0.717) is 12.1 Å². The van der Waals surface area contributed by atoms with Crippen LogP contribution in [-0.2, 0) is 0 Å². The molecule has 1 aromatic carbocycles. The van der Waals surface area contributed by atoms with E-state index in [2.05, 4.69) is 64.1 Å². The molecular formula is C18H20N2S. The van der Waals surface area contributed by atoms with E-state index in [1.807, 2.05) is 12.3 Å². The number of piperidine rings is 1. The van der Waals surface area contributed by atoms with Gasteiger partial charge in [-0.2, -0.15) is 0 Å². The van der Waals surface area contributed by atoms with E-state index in [9.17, 15) is 0 Å². The zero-order valence-electron chi connectivity index (χ0n) is 12.1. The van der Waals surface area contributed by atoms with E-state index in [0.717, 1.165) is 5.25 Å². The Kier molecular flexibility index (Phi) is 3.60. The Morgan fingerprint density at radius 3 is 2.29 bits per heavy atom. The molecule has 4 rings (SSSR count). The highest BCUT2D eigenvalue weighted by Crippen LogP contribution is 2.43. The Bertz CT molecular complexity index is 573. The molecule has 0 saturated carbocycles. The van der Waals surface area contributed by atoms with Crippen LogP contribution in [-0.4, -0.2) is 22.3 Å². The van der Waals surface area contributed by atoms with Crippen molar-refractivity contribution in [1.82, 2.24) is 4.98 Å². The number of nitrogens with zero attached hydrogens (tertiary/aromatic N) is 2. The van der Waals surface area contributed by atoms with Crippen molar-refractivity contribution in [2.24, 2.45) is 0 Å². The third-order valence-corrected chi connectivity index (χ3v) is 5.91. The first kappa shape index (κ1) is 13.2. The molecule has 2 bridgehead atoms. The zero-order valence-corrected chi connectivity index (χ0v) is 12.9. The summed E-state index contributed by atoms with van der Waals surface area (Å²) in [6, 6.07) is 18.5. The lowest BCUT2D eigenvalue weighted by molar-refractivity contribution is 0.475. The minimum absolute atomic E-state index is 0.680. The number of fused-ring (bicyclic) bond motifs is 2. The number of rotatable bonds is 3. The van der Waals surface area contributed by atoms with Gasteiger partial charge in [0.1, 0.15) is 5.82 Å². The van der Waals surface area contributed by atoms with Crippen molar-refractivity contribution < 1.29 is 0 Å². The van der Waals surface area contributed by atoms with Gasteiger partial charge in [0.15, 0.2) is 0 Å². The minimum atomic E-state index is 0.680. The molecule has 2 saturated heterocycles. The summed E-state index contributed by atoms with van der Waals surface area (Å²) >= 11 is 2.06. The molecule has 1 unspecified atom stereocenters. The number of anilines is 1. The summed E-state index contributed by atoms with van der Waals surface area (Å²) in [6.45, 7) is 0. The molecule has 3 heterocycles. The smallest absolute Gasteiger partial charge is 0.128 e. The predicted molar refractivity (Wildman–Crippen MR) is 88.8 cm³/mol. The first-order chi connectivity index (χ1) is 10.4. The summed E-state index contributed by atoms with van der Waals surface area (Å²) in [6.07, 6.45) is 7.14. The summed E-state index contributed by atoms with van der Waals surface area (Å²) in [5, 5.41) is 0.755. The van der Waals surface area contributed by atoms with Gasteiger partial charge in [-0.1, -0.05) is 24.3 Å². The molecule has 108 valence electrons. The second kappa shape index (κ2) is 5.72. The molecule has 2 nitrogen and oxygen atoms in total. The molecule has 1 aromatic heterocycles. The molecule has 2 aliphatic heterocycles. The van der Waals surface area contributed by atoms with Gasteiger partial charge in [0, 0.05) is 28.4 Å². The highest BCUT2D eigenvalue weighted by Gasteiger charge is 2.41. The Morgan fingerprint density at radius 2 is 1.62 bits per heavy atom. The van der Waals surface area contributed by atoms with E-state index in [4.69, 9.17) is 0 Å². The summed E-state index contributed by atoms with van der Waals surface area (Å²) in [5.41, 5.74) is 0. The van der Waals surface area contributed by atoms with Crippen LogP contribution in [0.2, 0.25) is 0 Å². The fourth-order valence-electron chi connectivity index (χ4n) is 3.80. The Balaban J connectivity index is 1.49. The second-order valence-corrected chi connectivity index (χ2v) is 7.38. The number of aromatic nitrogens is 1. The molecule has 2 fully saturated rings. The molecular weight excluding hydrogens is 276 g/mol. The van der Waals surface area contributed by atoms with Gasteiger partial charge in [-0.3, -0.25) is 0 Å². The molecule has 0 N–H and O–H groups in total. The third-order valence-electron chi connectivity index (χ3n) is 4.65. The van der Waals surface area contributed by atoms with Gasteiger partial charge in [0.25, 0.3) is 0 Å². The average Bonchev–Trinajstić information content (AvgIpc) is 2.80. The van der Waals surface area contributed by atoms with Crippen LogP contribution < -0.4 is 4.90 Å². The van der Waals surface area contributed by atoms with Crippen molar-refractivity contribution in [1.29, 1.82) is 0 Å². The van der Waals surface area contributed by atoms with Gasteiger partial charge in [0.05, 0.1) is 0 Å². The number of hydrogen-bond acceptors (Lipinski definition) is 3. The normalized spacial score (nSPS) is 27.8. The largest absolute Gasteiger partial charge is 0.351 e. The molecule has 0 spiro atoms. The van der Waals surface area contributed by atoms with E-state index in [-0.39, 0.29) is 0 Å². The van der Waals surface area contributed by atoms with Crippen molar-refractivity contribution in [3.05, 3.63) is 54.7 Å². The first-order valence-electron chi connectivity index (χ1n) is 7.81. The molecule has 0 amide bonds. The molecule has 3 heteroatoms. The van der Waals surface area contributed by atoms with Gasteiger partial charge in [0.2, 0.25) is 0 Å². The highest BCUT2D eigenvalue weighted by molar-refractivity contribution is 8.00. The number of hydrogen-bond donors (Lipinski definition) is 0. The van der Waals surface area contributed by atoms with Crippen LogP contribution in [0.4, 0.5) is 5.82 Å². The van der Waals surface area contributed by atoms with Crippen LogP contribution in [0.15, 0.2) is 59.6 Å². The second-order valence-electron chi connectivity index (χ2n) is 6.00. The van der Waals surface area contributed by atoms with E-state index in [1.165, 1.54) is 36.4 Å². The van der Waals surface area contributed by atoms with Gasteiger partial charge in [-0.15, -0.1) is 11.8 Å². The van der Waals surface area contributed by atoms with Gasteiger partial charge in [-0.05, 0) is 49.9 Å². The molecule has 0 radical (unpaired) electrons. The van der Waals surface area contributed by atoms with Crippen molar-refractivity contribution in [2.75, 3.05) is 4.90 Å². The van der Waals surface area contributed by atoms with Crippen LogP contribution in [0.25, 0.3) is 0 Å². The predicted octanol–water partition coefficient (Wildman–Crippen LogP) is 4.37. The SMILES string of the molecule is c1ccc(SC2C[C@H]3CC[C@@H](C2)N3c2ccccn2)cc1. The molecule has 3 atom stereocenters. The maximum Gasteiger partial charge on any atom is 0.128 e. The fraction of sp³-hybridized carbons (Fsp3) is 0.389. The number of benzene rings is 1. The summed E-state index contributed by atoms with van der Waals surface area (Å²) < 4.78 is 0. The summed E-state index contributed by atoms with van der Waals surface area (Å²) in [4.78, 5) is 8.57. The quantitative estimate of drug-likeness (QED) is 0.836. The summed E-state index contributed by atoms with van der Waals surface area (Å²) in [5.74, 6) is 1.17. The van der Waals surface area contributed by atoms with Gasteiger partial charge in [-0.25, -0.2) is 4.98 Å². The lowest BCUT2D eigenvalue weighted by atomic mass is 10.0. The van der Waals surface area contributed by atoms with Crippen LogP contribution in [0.3, 0.4) is 0 Å². The zero-order chi connectivity index (χ0) is 14.1. The van der Waals surface area contributed by atoms with Crippen LogP contribution in [0, 0.1) is 0 Å². The molecule has 2 aromatic rings. The third kappa shape index (κ3) is 2.67. The lowest BCUT2D eigenvalue weighted by Crippen LogP contribution is -2.44. The van der Waals surface area contributed by atoms with Crippen LogP contribution in [0.1, 0.15) is 25.7 Å². The van der Waals surface area contributed by atoms with Gasteiger partial charge < -0.3 is 4.90 Å². The number of pyridine rings is 1. The Morgan fingerprint density at radius 1 is 0.905 bits per heavy atom. The maximum atomic E-state index is 4.57. The Labute approximate surface area is 130 Å². The number of thioether (sulfide) groups is 1.